The SMILES string of the molecule is O=C1CCC(N2C(=O)c3cccc(NCCOCCOCCOCCn4cc(CO[C@H]5CC[C@H](NC(=O)c6n[nH]cc6NC(=O)c6c(F)cccc6F)CC5)nn4)c3C2=O)C(=O)N1. The minimum atomic E-state index is -1.04. The molecule has 2 aromatic carbocycles. The number of rotatable bonds is 21. The number of imide groups is 2. The lowest BCUT2D eigenvalue weighted by Crippen LogP contribution is -2.54. The molecule has 63 heavy (non-hydrogen) atoms. The van der Waals surface area contributed by atoms with E-state index in [2.05, 4.69) is 41.8 Å². The highest BCUT2D eigenvalue weighted by Gasteiger charge is 2.45. The summed E-state index contributed by atoms with van der Waals surface area (Å²) in [7, 11) is 0. The summed E-state index contributed by atoms with van der Waals surface area (Å²) < 4.78 is 52.7. The Morgan fingerprint density at radius 1 is 0.825 bits per heavy atom. The first-order valence-electron chi connectivity index (χ1n) is 20.5. The van der Waals surface area contributed by atoms with Gasteiger partial charge in [0.1, 0.15) is 28.9 Å². The van der Waals surface area contributed by atoms with Gasteiger partial charge in [0.25, 0.3) is 23.6 Å². The fourth-order valence-corrected chi connectivity index (χ4v) is 7.42. The normalized spacial score (nSPS) is 18.6. The summed E-state index contributed by atoms with van der Waals surface area (Å²) in [5.41, 5.74) is 0.633. The number of hydrogen-bond acceptors (Lipinski definition) is 14. The maximum absolute atomic E-state index is 14.1. The molecule has 1 atom stereocenters. The van der Waals surface area contributed by atoms with Crippen molar-refractivity contribution in [2.75, 3.05) is 56.8 Å². The summed E-state index contributed by atoms with van der Waals surface area (Å²) in [6.07, 6.45) is 5.81. The number of amides is 6. The molecule has 5 N–H and O–H groups in total. The van der Waals surface area contributed by atoms with Gasteiger partial charge in [0, 0.05) is 30.9 Å². The van der Waals surface area contributed by atoms with Gasteiger partial charge < -0.3 is 34.9 Å². The molecule has 1 aliphatic carbocycles. The Labute approximate surface area is 358 Å². The monoisotopic (exact) mass is 876 g/mol. The van der Waals surface area contributed by atoms with Crippen LogP contribution in [0.5, 0.6) is 0 Å². The Balaban J connectivity index is 0.704. The Bertz CT molecular complexity index is 2290. The van der Waals surface area contributed by atoms with E-state index in [1.807, 2.05) is 0 Å². The molecule has 4 heterocycles. The highest BCUT2D eigenvalue weighted by atomic mass is 19.1. The second kappa shape index (κ2) is 21.1. The van der Waals surface area contributed by atoms with Crippen LogP contribution in [0.25, 0.3) is 0 Å². The summed E-state index contributed by atoms with van der Waals surface area (Å²) in [5, 5.41) is 25.3. The van der Waals surface area contributed by atoms with E-state index in [9.17, 15) is 37.5 Å². The second-order valence-electron chi connectivity index (χ2n) is 14.9. The number of aromatic nitrogens is 5. The molecule has 2 aromatic heterocycles. The van der Waals surface area contributed by atoms with Crippen molar-refractivity contribution < 1.29 is 56.5 Å². The van der Waals surface area contributed by atoms with E-state index in [1.54, 1.807) is 23.0 Å². The molecular weight excluding hydrogens is 831 g/mol. The van der Waals surface area contributed by atoms with Crippen LogP contribution < -0.4 is 21.3 Å². The van der Waals surface area contributed by atoms with Gasteiger partial charge in [0.2, 0.25) is 11.8 Å². The summed E-state index contributed by atoms with van der Waals surface area (Å²) in [6, 6.07) is 6.75. The van der Waals surface area contributed by atoms with E-state index in [-0.39, 0.29) is 54.1 Å². The fraction of sp³-hybridized carbons (Fsp3) is 0.439. The first-order valence-corrected chi connectivity index (χ1v) is 20.5. The van der Waals surface area contributed by atoms with Gasteiger partial charge in [-0.2, -0.15) is 5.10 Å². The molecular formula is C41H46F2N10O10. The maximum Gasteiger partial charge on any atom is 0.274 e. The number of carbonyl (C=O) groups is 6. The average Bonchev–Trinajstić information content (AvgIpc) is 3.99. The van der Waals surface area contributed by atoms with Crippen molar-refractivity contribution in [3.05, 3.63) is 88.5 Å². The van der Waals surface area contributed by atoms with Crippen molar-refractivity contribution in [2.45, 2.75) is 69.9 Å². The van der Waals surface area contributed by atoms with Crippen molar-refractivity contribution in [3.63, 3.8) is 0 Å². The number of halogens is 2. The number of hydrogen-bond donors (Lipinski definition) is 5. The van der Waals surface area contributed by atoms with Gasteiger partial charge in [-0.25, -0.2) is 13.5 Å². The zero-order valence-corrected chi connectivity index (χ0v) is 34.0. The van der Waals surface area contributed by atoms with E-state index in [1.165, 1.54) is 12.3 Å². The Morgan fingerprint density at radius 3 is 2.29 bits per heavy atom. The molecule has 22 heteroatoms. The Kier molecular flexibility index (Phi) is 14.9. The predicted molar refractivity (Wildman–Crippen MR) is 215 cm³/mol. The zero-order chi connectivity index (χ0) is 44.3. The highest BCUT2D eigenvalue weighted by Crippen LogP contribution is 2.32. The van der Waals surface area contributed by atoms with Gasteiger partial charge in [0.15, 0.2) is 5.69 Å². The summed E-state index contributed by atoms with van der Waals surface area (Å²) in [4.78, 5) is 76.5. The van der Waals surface area contributed by atoms with Crippen LogP contribution in [0, 0.1) is 11.6 Å². The number of nitrogens with one attached hydrogen (secondary N) is 5. The van der Waals surface area contributed by atoms with Crippen LogP contribution in [0.2, 0.25) is 0 Å². The van der Waals surface area contributed by atoms with Gasteiger partial charge in [-0.1, -0.05) is 17.3 Å². The third-order valence-electron chi connectivity index (χ3n) is 10.6. The molecule has 1 saturated heterocycles. The van der Waals surface area contributed by atoms with Crippen molar-refractivity contribution in [1.29, 1.82) is 0 Å². The molecule has 4 aromatic rings. The minimum Gasteiger partial charge on any atom is -0.382 e. The van der Waals surface area contributed by atoms with E-state index in [4.69, 9.17) is 18.9 Å². The van der Waals surface area contributed by atoms with Crippen LogP contribution in [-0.4, -0.2) is 130 Å². The second-order valence-corrected chi connectivity index (χ2v) is 14.9. The topological polar surface area (TPSA) is 250 Å². The molecule has 1 saturated carbocycles. The number of nitrogens with zero attached hydrogens (tertiary/aromatic N) is 5. The van der Waals surface area contributed by atoms with Gasteiger partial charge in [0.05, 0.1) is 81.9 Å². The fourth-order valence-electron chi connectivity index (χ4n) is 7.42. The lowest BCUT2D eigenvalue weighted by Gasteiger charge is -2.28. The van der Waals surface area contributed by atoms with Gasteiger partial charge in [-0.15, -0.1) is 5.10 Å². The molecule has 2 fully saturated rings. The molecule has 334 valence electrons. The van der Waals surface area contributed by atoms with Crippen LogP contribution in [0.4, 0.5) is 20.2 Å². The third kappa shape index (κ3) is 11.1. The van der Waals surface area contributed by atoms with E-state index in [0.29, 0.717) is 89.8 Å². The van der Waals surface area contributed by atoms with Crippen molar-refractivity contribution in [2.24, 2.45) is 0 Å². The van der Waals surface area contributed by atoms with E-state index < -0.39 is 58.7 Å². The zero-order valence-electron chi connectivity index (χ0n) is 34.0. The number of H-pyrrole nitrogens is 1. The van der Waals surface area contributed by atoms with E-state index in [0.717, 1.165) is 23.1 Å². The van der Waals surface area contributed by atoms with Crippen LogP contribution in [0.3, 0.4) is 0 Å². The quantitative estimate of drug-likeness (QED) is 0.0596. The number of fused-ring (bicyclic) bond motifs is 1. The number of carbonyl (C=O) groups excluding carboxylic acids is 6. The van der Waals surface area contributed by atoms with Crippen LogP contribution >= 0.6 is 0 Å². The summed E-state index contributed by atoms with van der Waals surface area (Å²) >= 11 is 0. The first-order chi connectivity index (χ1) is 30.6. The molecule has 0 radical (unpaired) electrons. The Hall–Kier alpha value is -6.49. The van der Waals surface area contributed by atoms with Crippen molar-refractivity contribution in [3.8, 4) is 0 Å². The molecule has 20 nitrogen and oxygen atoms in total. The maximum atomic E-state index is 14.1. The van der Waals surface area contributed by atoms with Crippen molar-refractivity contribution in [1.82, 2.24) is 40.7 Å². The number of piperidine rings is 1. The summed E-state index contributed by atoms with van der Waals surface area (Å²) in [5.74, 6) is -5.87. The number of benzene rings is 2. The van der Waals surface area contributed by atoms with Gasteiger partial charge in [-0.05, 0) is 56.4 Å². The van der Waals surface area contributed by atoms with Gasteiger partial charge in [-0.3, -0.25) is 44.1 Å². The molecule has 3 aliphatic rings. The number of anilines is 2. The van der Waals surface area contributed by atoms with Crippen LogP contribution in [0.1, 0.15) is 85.8 Å². The predicted octanol–water partition coefficient (Wildman–Crippen LogP) is 2.35. The highest BCUT2D eigenvalue weighted by molar-refractivity contribution is 6.25. The lowest BCUT2D eigenvalue weighted by atomic mass is 9.93. The molecule has 0 spiro atoms. The smallest absolute Gasteiger partial charge is 0.274 e. The van der Waals surface area contributed by atoms with Crippen molar-refractivity contribution >= 4 is 46.8 Å². The number of aromatic amines is 1. The molecule has 6 amide bonds. The van der Waals surface area contributed by atoms with E-state index >= 15 is 0 Å². The largest absolute Gasteiger partial charge is 0.382 e. The van der Waals surface area contributed by atoms with Crippen LogP contribution in [0.15, 0.2) is 48.8 Å². The first kappa shape index (κ1) is 44.6. The third-order valence-corrected chi connectivity index (χ3v) is 10.6. The standard InChI is InChI=1S/C41H46F2N10O10/c42-28-4-2-5-29(43)35(28)38(56)47-31-21-45-50-36(31)39(57)46-24-7-9-26(10-8-24)63-23-25-22-52(51-49-25)14-16-61-18-20-62-19-17-60-15-13-44-30-6-1-3-27-34(30)41(59)53(40(27)58)32-11-12-33(54)48-37(32)55/h1-6,21-22,24,26,32,44H,7-20,23H2,(H,45,50)(H,46,57)(H,47,56)(H,48,54,55)/t24-,26-,32?. The molecule has 0 bridgehead atoms. The molecule has 7 rings (SSSR count). The molecule has 2 aliphatic heterocycles. The molecule has 1 unspecified atom stereocenters. The number of ether oxygens (including phenoxy) is 4. The summed E-state index contributed by atoms with van der Waals surface area (Å²) in [6.45, 7) is 3.21. The van der Waals surface area contributed by atoms with Gasteiger partial charge >= 0.3 is 0 Å². The Morgan fingerprint density at radius 2 is 1.54 bits per heavy atom. The van der Waals surface area contributed by atoms with Crippen LogP contribution in [-0.2, 0) is 41.7 Å². The minimum absolute atomic E-state index is 0.00662. The lowest BCUT2D eigenvalue weighted by molar-refractivity contribution is -0.136. The average molecular weight is 877 g/mol.